The smallest absolute Gasteiger partial charge is 0.336 e. The van der Waals surface area contributed by atoms with Crippen LogP contribution in [0.1, 0.15) is 15.9 Å². The van der Waals surface area contributed by atoms with Crippen molar-refractivity contribution >= 4 is 16.8 Å². The van der Waals surface area contributed by atoms with Crippen molar-refractivity contribution < 1.29 is 18.0 Å². The van der Waals surface area contributed by atoms with Gasteiger partial charge in [0.05, 0.1) is 17.3 Å². The molecule has 4 rings (SSSR count). The molecule has 28 heavy (non-hydrogen) atoms. The summed E-state index contributed by atoms with van der Waals surface area (Å²) in [5.74, 6) is -0.106. The van der Waals surface area contributed by atoms with Crippen LogP contribution < -0.4 is 0 Å². The number of nitrogens with zero attached hydrogens (tertiary/aromatic N) is 3. The second kappa shape index (κ2) is 6.94. The minimum absolute atomic E-state index is 0.106. The number of hydrogen-bond donors (Lipinski definition) is 1. The maximum Gasteiger partial charge on any atom is 0.416 e. The van der Waals surface area contributed by atoms with Crippen molar-refractivity contribution in [1.82, 2.24) is 20.0 Å². The van der Waals surface area contributed by atoms with E-state index in [0.717, 1.165) is 25.2 Å². The molecule has 1 aliphatic heterocycles. The Balaban J connectivity index is 1.74. The highest BCUT2D eigenvalue weighted by molar-refractivity contribution is 5.99. The Morgan fingerprint density at radius 1 is 1.11 bits per heavy atom. The number of hydrogen-bond acceptors (Lipinski definition) is 3. The van der Waals surface area contributed by atoms with Crippen molar-refractivity contribution in [3.8, 4) is 11.1 Å². The molecule has 1 aromatic heterocycles. The molecule has 1 N–H and O–H groups in total. The van der Waals surface area contributed by atoms with Gasteiger partial charge >= 0.3 is 6.18 Å². The van der Waals surface area contributed by atoms with Gasteiger partial charge in [0, 0.05) is 37.1 Å². The maximum absolute atomic E-state index is 13.3. The Kier molecular flexibility index (Phi) is 4.58. The normalized spacial score (nSPS) is 15.9. The lowest BCUT2D eigenvalue weighted by atomic mass is 9.97. The van der Waals surface area contributed by atoms with E-state index in [-0.39, 0.29) is 5.91 Å². The summed E-state index contributed by atoms with van der Waals surface area (Å²) < 4.78 is 39.9. The molecule has 3 aromatic rings. The predicted molar refractivity (Wildman–Crippen MR) is 99.9 cm³/mol. The third kappa shape index (κ3) is 3.47. The summed E-state index contributed by atoms with van der Waals surface area (Å²) in [5, 5.41) is 7.06. The van der Waals surface area contributed by atoms with Gasteiger partial charge in [-0.1, -0.05) is 12.1 Å². The van der Waals surface area contributed by atoms with Gasteiger partial charge in [-0.3, -0.25) is 9.89 Å². The van der Waals surface area contributed by atoms with E-state index in [4.69, 9.17) is 0 Å². The number of halogens is 3. The van der Waals surface area contributed by atoms with Gasteiger partial charge in [0.1, 0.15) is 0 Å². The van der Waals surface area contributed by atoms with E-state index in [2.05, 4.69) is 15.1 Å². The number of piperazine rings is 1. The van der Waals surface area contributed by atoms with Gasteiger partial charge in [0.25, 0.3) is 5.91 Å². The number of nitrogens with one attached hydrogen (secondary N) is 1. The van der Waals surface area contributed by atoms with Crippen molar-refractivity contribution in [3.05, 3.63) is 53.7 Å². The van der Waals surface area contributed by atoms with Crippen molar-refractivity contribution in [3.63, 3.8) is 0 Å². The Morgan fingerprint density at radius 3 is 2.57 bits per heavy atom. The van der Waals surface area contributed by atoms with E-state index in [1.165, 1.54) is 6.20 Å². The van der Waals surface area contributed by atoms with Gasteiger partial charge in [0.2, 0.25) is 0 Å². The van der Waals surface area contributed by atoms with Crippen LogP contribution in [0.5, 0.6) is 0 Å². The zero-order chi connectivity index (χ0) is 19.9. The second-order valence-electron chi connectivity index (χ2n) is 7.03. The number of benzene rings is 2. The molecule has 5 nitrogen and oxygen atoms in total. The maximum atomic E-state index is 13.3. The molecule has 1 amide bonds. The SMILES string of the molecule is CN1CCN(C(=O)c2cccc(-c3cc(C(F)(F)F)cc4[nH]ncc34)c2)CC1. The monoisotopic (exact) mass is 388 g/mol. The van der Waals surface area contributed by atoms with Crippen LogP contribution in [0.2, 0.25) is 0 Å². The summed E-state index contributed by atoms with van der Waals surface area (Å²) in [6, 6.07) is 8.92. The number of rotatable bonds is 2. The largest absolute Gasteiger partial charge is 0.416 e. The van der Waals surface area contributed by atoms with Crippen LogP contribution in [0.25, 0.3) is 22.0 Å². The molecule has 146 valence electrons. The van der Waals surface area contributed by atoms with Gasteiger partial charge < -0.3 is 9.80 Å². The standard InChI is InChI=1S/C20H19F3N4O/c1-26-5-7-27(8-6-26)19(28)14-4-2-3-13(9-14)16-10-15(20(21,22)23)11-18-17(16)12-24-25-18/h2-4,9-12H,5-8H2,1H3,(H,24,25). The quantitative estimate of drug-likeness (QED) is 0.729. The average molecular weight is 388 g/mol. The number of alkyl halides is 3. The van der Waals surface area contributed by atoms with Gasteiger partial charge in [-0.2, -0.15) is 18.3 Å². The number of aromatic amines is 1. The highest BCUT2D eigenvalue weighted by Gasteiger charge is 2.32. The summed E-state index contributed by atoms with van der Waals surface area (Å²) in [7, 11) is 2.01. The van der Waals surface area contributed by atoms with Crippen molar-refractivity contribution in [2.24, 2.45) is 0 Å². The molecule has 8 heteroatoms. The van der Waals surface area contributed by atoms with E-state index in [1.54, 1.807) is 29.2 Å². The van der Waals surface area contributed by atoms with E-state index in [0.29, 0.717) is 40.7 Å². The summed E-state index contributed by atoms with van der Waals surface area (Å²) in [5.41, 5.74) is 0.968. The summed E-state index contributed by atoms with van der Waals surface area (Å²) >= 11 is 0. The van der Waals surface area contributed by atoms with Crippen LogP contribution >= 0.6 is 0 Å². The molecule has 0 radical (unpaired) electrons. The lowest BCUT2D eigenvalue weighted by Crippen LogP contribution is -2.47. The zero-order valence-corrected chi connectivity index (χ0v) is 15.3. The number of carbonyl (C=O) groups is 1. The number of fused-ring (bicyclic) bond motifs is 1. The van der Waals surface area contributed by atoms with Crippen LogP contribution in [-0.4, -0.2) is 59.1 Å². The fourth-order valence-corrected chi connectivity index (χ4v) is 3.47. The van der Waals surface area contributed by atoms with Gasteiger partial charge in [-0.15, -0.1) is 0 Å². The Hall–Kier alpha value is -2.87. The van der Waals surface area contributed by atoms with Gasteiger partial charge in [-0.25, -0.2) is 0 Å². The van der Waals surface area contributed by atoms with Gasteiger partial charge in [0.15, 0.2) is 0 Å². The first-order chi connectivity index (χ1) is 13.3. The molecule has 0 bridgehead atoms. The number of H-pyrrole nitrogens is 1. The third-order valence-electron chi connectivity index (χ3n) is 5.10. The molecule has 0 atom stereocenters. The highest BCUT2D eigenvalue weighted by atomic mass is 19.4. The Bertz CT molecular complexity index is 1020. The lowest BCUT2D eigenvalue weighted by molar-refractivity contribution is -0.137. The van der Waals surface area contributed by atoms with Gasteiger partial charge in [-0.05, 0) is 42.4 Å². The topological polar surface area (TPSA) is 52.2 Å². The second-order valence-corrected chi connectivity index (χ2v) is 7.03. The van der Waals surface area contributed by atoms with Crippen LogP contribution in [-0.2, 0) is 6.18 Å². The van der Waals surface area contributed by atoms with Crippen molar-refractivity contribution in [2.45, 2.75) is 6.18 Å². The molecule has 0 unspecified atom stereocenters. The minimum atomic E-state index is -4.47. The van der Waals surface area contributed by atoms with E-state index < -0.39 is 11.7 Å². The number of likely N-dealkylation sites (N-methyl/N-ethyl adjacent to an activating group) is 1. The summed E-state index contributed by atoms with van der Waals surface area (Å²) in [6.07, 6.45) is -2.97. The molecule has 1 saturated heterocycles. The van der Waals surface area contributed by atoms with E-state index in [1.807, 2.05) is 7.05 Å². The number of amides is 1. The van der Waals surface area contributed by atoms with E-state index in [9.17, 15) is 18.0 Å². The first-order valence-corrected chi connectivity index (χ1v) is 8.95. The molecule has 1 aliphatic rings. The Morgan fingerprint density at radius 2 is 1.86 bits per heavy atom. The molecular formula is C20H19F3N4O. The molecule has 0 aliphatic carbocycles. The molecule has 1 fully saturated rings. The first kappa shape index (κ1) is 18.5. The van der Waals surface area contributed by atoms with Crippen LogP contribution in [0.15, 0.2) is 42.6 Å². The molecule has 2 heterocycles. The highest BCUT2D eigenvalue weighted by Crippen LogP contribution is 2.36. The summed E-state index contributed by atoms with van der Waals surface area (Å²) in [4.78, 5) is 16.8. The van der Waals surface area contributed by atoms with Crippen molar-refractivity contribution in [1.29, 1.82) is 0 Å². The lowest BCUT2D eigenvalue weighted by Gasteiger charge is -2.32. The number of carbonyl (C=O) groups excluding carboxylic acids is 1. The number of aromatic nitrogens is 2. The minimum Gasteiger partial charge on any atom is -0.336 e. The first-order valence-electron chi connectivity index (χ1n) is 8.95. The Labute approximate surface area is 159 Å². The molecule has 2 aromatic carbocycles. The van der Waals surface area contributed by atoms with Crippen LogP contribution in [0, 0.1) is 0 Å². The van der Waals surface area contributed by atoms with E-state index >= 15 is 0 Å². The fourth-order valence-electron chi connectivity index (χ4n) is 3.47. The van der Waals surface area contributed by atoms with Crippen molar-refractivity contribution in [2.75, 3.05) is 33.2 Å². The zero-order valence-electron chi connectivity index (χ0n) is 15.3. The fraction of sp³-hybridized carbons (Fsp3) is 0.300. The van der Waals surface area contributed by atoms with Crippen LogP contribution in [0.3, 0.4) is 0 Å². The predicted octanol–water partition coefficient (Wildman–Crippen LogP) is 3.64. The summed E-state index contributed by atoms with van der Waals surface area (Å²) in [6.45, 7) is 2.87. The molecule has 0 saturated carbocycles. The average Bonchev–Trinajstić information content (AvgIpc) is 3.15. The third-order valence-corrected chi connectivity index (χ3v) is 5.10. The van der Waals surface area contributed by atoms with Crippen LogP contribution in [0.4, 0.5) is 13.2 Å². The molecule has 0 spiro atoms. The molecular weight excluding hydrogens is 369 g/mol.